The van der Waals surface area contributed by atoms with E-state index in [0.717, 1.165) is 31.2 Å². The van der Waals surface area contributed by atoms with Gasteiger partial charge in [0, 0.05) is 23.7 Å². The highest BCUT2D eigenvalue weighted by molar-refractivity contribution is 5.96. The number of nitrogens with one attached hydrogen (secondary N) is 1. The fourth-order valence-electron chi connectivity index (χ4n) is 2.63. The number of anilines is 1. The summed E-state index contributed by atoms with van der Waals surface area (Å²) in [6.07, 6.45) is 3.76. The third kappa shape index (κ3) is 4.12. The fraction of sp³-hybridized carbons (Fsp3) is 0.533. The molecule has 1 aromatic carbocycles. The van der Waals surface area contributed by atoms with Crippen molar-refractivity contribution in [2.45, 2.75) is 38.7 Å². The summed E-state index contributed by atoms with van der Waals surface area (Å²) in [4.78, 5) is 12.1. The van der Waals surface area contributed by atoms with Crippen molar-refractivity contribution in [2.24, 2.45) is 5.92 Å². The summed E-state index contributed by atoms with van der Waals surface area (Å²) in [5.41, 5.74) is 7.83. The van der Waals surface area contributed by atoms with Gasteiger partial charge in [-0.15, -0.1) is 12.4 Å². The maximum atomic E-state index is 12.1. The molecule has 1 aliphatic carbocycles. The lowest BCUT2D eigenvalue weighted by Crippen LogP contribution is -2.36. The summed E-state index contributed by atoms with van der Waals surface area (Å²) in [7, 11) is 0. The van der Waals surface area contributed by atoms with Crippen molar-refractivity contribution >= 4 is 24.0 Å². The van der Waals surface area contributed by atoms with E-state index < -0.39 is 0 Å². The van der Waals surface area contributed by atoms with Crippen LogP contribution < -0.4 is 11.1 Å². The summed E-state index contributed by atoms with van der Waals surface area (Å²) in [5.74, 6) is 0.0710. The summed E-state index contributed by atoms with van der Waals surface area (Å²) < 4.78 is 0. The molecule has 1 saturated carbocycles. The number of nitrogens with two attached hydrogens (primary N) is 1. The molecular weight excluding hydrogens is 276 g/mol. The van der Waals surface area contributed by atoms with Crippen LogP contribution in [0.15, 0.2) is 18.2 Å². The smallest absolute Gasteiger partial charge is 0.251 e. The quantitative estimate of drug-likeness (QED) is 0.749. The van der Waals surface area contributed by atoms with Crippen molar-refractivity contribution in [3.63, 3.8) is 0 Å². The normalized spacial score (nSPS) is 21.9. The molecule has 2 unspecified atom stereocenters. The molecule has 0 bridgehead atoms. The van der Waals surface area contributed by atoms with Crippen molar-refractivity contribution in [1.82, 2.24) is 5.32 Å². The highest BCUT2D eigenvalue weighted by Crippen LogP contribution is 2.23. The number of amides is 1. The molecular formula is C15H23ClN2O2. The fourth-order valence-corrected chi connectivity index (χ4v) is 2.63. The molecule has 0 radical (unpaired) electrons. The van der Waals surface area contributed by atoms with Crippen molar-refractivity contribution in [2.75, 3.05) is 12.3 Å². The van der Waals surface area contributed by atoms with Gasteiger partial charge in [0.15, 0.2) is 0 Å². The second-order valence-corrected chi connectivity index (χ2v) is 5.40. The molecule has 2 rings (SSSR count). The molecule has 1 amide bonds. The number of halogens is 1. The third-order valence-corrected chi connectivity index (χ3v) is 3.90. The largest absolute Gasteiger partial charge is 0.399 e. The highest BCUT2D eigenvalue weighted by atomic mass is 35.5. The number of aryl methyl sites for hydroxylation is 1. The van der Waals surface area contributed by atoms with Crippen LogP contribution in [0.5, 0.6) is 0 Å². The molecule has 4 nitrogen and oxygen atoms in total. The number of rotatable bonds is 3. The first-order chi connectivity index (χ1) is 9.08. The zero-order chi connectivity index (χ0) is 13.8. The topological polar surface area (TPSA) is 75.4 Å². The molecule has 5 heteroatoms. The molecule has 112 valence electrons. The minimum atomic E-state index is -0.281. The molecule has 1 fully saturated rings. The number of carbonyl (C=O) groups is 1. The van der Waals surface area contributed by atoms with Gasteiger partial charge in [0.25, 0.3) is 5.91 Å². The van der Waals surface area contributed by atoms with E-state index in [1.165, 1.54) is 0 Å². The Bertz CT molecular complexity index is 465. The van der Waals surface area contributed by atoms with E-state index in [-0.39, 0.29) is 30.3 Å². The first-order valence-corrected chi connectivity index (χ1v) is 6.90. The maximum absolute atomic E-state index is 12.1. The maximum Gasteiger partial charge on any atom is 0.251 e. The van der Waals surface area contributed by atoms with Gasteiger partial charge in [0.05, 0.1) is 6.10 Å². The SMILES string of the molecule is Cc1ccc(N)cc1C(=O)NCC1CCCCC1O.Cl. The monoisotopic (exact) mass is 298 g/mol. The van der Waals surface area contributed by atoms with Gasteiger partial charge in [-0.2, -0.15) is 0 Å². The van der Waals surface area contributed by atoms with Crippen LogP contribution in [0.3, 0.4) is 0 Å². The lowest BCUT2D eigenvalue weighted by Gasteiger charge is -2.27. The van der Waals surface area contributed by atoms with Gasteiger partial charge >= 0.3 is 0 Å². The van der Waals surface area contributed by atoms with E-state index in [2.05, 4.69) is 5.32 Å². The van der Waals surface area contributed by atoms with E-state index in [0.29, 0.717) is 17.8 Å². The predicted octanol–water partition coefficient (Wildman–Crippen LogP) is 2.28. The standard InChI is InChI=1S/C15H22N2O2.ClH/c1-10-6-7-12(16)8-13(10)15(19)17-9-11-4-2-3-5-14(11)18;/h6-8,11,14,18H,2-5,9,16H2,1H3,(H,17,19);1H. The summed E-state index contributed by atoms with van der Waals surface area (Å²) in [6.45, 7) is 2.43. The van der Waals surface area contributed by atoms with E-state index in [1.54, 1.807) is 12.1 Å². The van der Waals surface area contributed by atoms with Crippen LogP contribution in [0, 0.1) is 12.8 Å². The highest BCUT2D eigenvalue weighted by Gasteiger charge is 2.23. The Morgan fingerprint density at radius 3 is 2.80 bits per heavy atom. The average Bonchev–Trinajstić information content (AvgIpc) is 2.40. The Kier molecular flexibility index (Phi) is 6.30. The van der Waals surface area contributed by atoms with Crippen LogP contribution in [0.25, 0.3) is 0 Å². The molecule has 1 aromatic rings. The number of nitrogen functional groups attached to an aromatic ring is 1. The second-order valence-electron chi connectivity index (χ2n) is 5.40. The van der Waals surface area contributed by atoms with Gasteiger partial charge in [-0.25, -0.2) is 0 Å². The molecule has 20 heavy (non-hydrogen) atoms. The van der Waals surface area contributed by atoms with Gasteiger partial charge in [-0.1, -0.05) is 18.9 Å². The predicted molar refractivity (Wildman–Crippen MR) is 83.1 cm³/mol. The molecule has 0 spiro atoms. The van der Waals surface area contributed by atoms with Crippen molar-refractivity contribution in [1.29, 1.82) is 0 Å². The number of hydrogen-bond acceptors (Lipinski definition) is 3. The number of aliphatic hydroxyl groups excluding tert-OH is 1. The zero-order valence-corrected chi connectivity index (χ0v) is 12.6. The lowest BCUT2D eigenvalue weighted by atomic mass is 9.86. The van der Waals surface area contributed by atoms with Crippen LogP contribution in [0.1, 0.15) is 41.6 Å². The summed E-state index contributed by atoms with van der Waals surface area (Å²) >= 11 is 0. The molecule has 0 aliphatic heterocycles. The zero-order valence-electron chi connectivity index (χ0n) is 11.8. The van der Waals surface area contributed by atoms with Gasteiger partial charge in [0.1, 0.15) is 0 Å². The lowest BCUT2D eigenvalue weighted by molar-refractivity contribution is 0.0663. The van der Waals surface area contributed by atoms with Crippen LogP contribution in [-0.2, 0) is 0 Å². The Morgan fingerprint density at radius 1 is 1.40 bits per heavy atom. The van der Waals surface area contributed by atoms with Gasteiger partial charge in [0.2, 0.25) is 0 Å². The molecule has 0 saturated heterocycles. The number of aliphatic hydroxyl groups is 1. The number of hydrogen-bond donors (Lipinski definition) is 3. The summed E-state index contributed by atoms with van der Waals surface area (Å²) in [5, 5.41) is 12.8. The van der Waals surface area contributed by atoms with Crippen LogP contribution >= 0.6 is 12.4 Å². The van der Waals surface area contributed by atoms with Crippen LogP contribution in [-0.4, -0.2) is 23.7 Å². The molecule has 1 aliphatic rings. The number of carbonyl (C=O) groups excluding carboxylic acids is 1. The average molecular weight is 299 g/mol. The first kappa shape index (κ1) is 16.8. The molecule has 0 heterocycles. The Balaban J connectivity index is 0.00000200. The molecule has 4 N–H and O–H groups in total. The number of benzene rings is 1. The van der Waals surface area contributed by atoms with Gasteiger partial charge in [-0.05, 0) is 37.5 Å². The Hall–Kier alpha value is -1.26. The minimum Gasteiger partial charge on any atom is -0.399 e. The Labute approximate surface area is 126 Å². The van der Waals surface area contributed by atoms with Gasteiger partial charge in [-0.3, -0.25) is 4.79 Å². The van der Waals surface area contributed by atoms with Crippen LogP contribution in [0.2, 0.25) is 0 Å². The van der Waals surface area contributed by atoms with Crippen molar-refractivity contribution in [3.05, 3.63) is 29.3 Å². The molecule has 0 aromatic heterocycles. The molecule has 2 atom stereocenters. The summed E-state index contributed by atoms with van der Waals surface area (Å²) in [6, 6.07) is 5.33. The minimum absolute atomic E-state index is 0. The van der Waals surface area contributed by atoms with E-state index >= 15 is 0 Å². The second kappa shape index (κ2) is 7.50. The van der Waals surface area contributed by atoms with E-state index in [4.69, 9.17) is 5.73 Å². The van der Waals surface area contributed by atoms with E-state index in [9.17, 15) is 9.90 Å². The third-order valence-electron chi connectivity index (χ3n) is 3.90. The Morgan fingerprint density at radius 2 is 2.10 bits per heavy atom. The van der Waals surface area contributed by atoms with Crippen molar-refractivity contribution < 1.29 is 9.90 Å². The first-order valence-electron chi connectivity index (χ1n) is 6.90. The van der Waals surface area contributed by atoms with Gasteiger partial charge < -0.3 is 16.2 Å². The van der Waals surface area contributed by atoms with E-state index in [1.807, 2.05) is 13.0 Å². The van der Waals surface area contributed by atoms with Crippen molar-refractivity contribution in [3.8, 4) is 0 Å². The van der Waals surface area contributed by atoms with Crippen LogP contribution in [0.4, 0.5) is 5.69 Å².